The molecule has 0 saturated carbocycles. The number of urea groups is 1. The van der Waals surface area contributed by atoms with Crippen molar-refractivity contribution in [3.63, 3.8) is 0 Å². The third-order valence-electron chi connectivity index (χ3n) is 5.23. The topological polar surface area (TPSA) is 123 Å². The number of imide groups is 1. The van der Waals surface area contributed by atoms with Crippen molar-refractivity contribution in [3.8, 4) is 11.5 Å². The Balaban J connectivity index is 1.40. The van der Waals surface area contributed by atoms with E-state index in [9.17, 15) is 19.2 Å². The lowest BCUT2D eigenvalue weighted by molar-refractivity contribution is -0.133. The first kappa shape index (κ1) is 21.2. The molecule has 2 aromatic rings. The van der Waals surface area contributed by atoms with Crippen molar-refractivity contribution in [1.82, 2.24) is 10.2 Å². The molecular formula is C22H21N3O7. The van der Waals surface area contributed by atoms with Crippen LogP contribution in [0.1, 0.15) is 22.8 Å². The fourth-order valence-electron chi connectivity index (χ4n) is 3.62. The Bertz CT molecular complexity index is 1100. The summed E-state index contributed by atoms with van der Waals surface area (Å²) in [5.74, 6) is -0.345. The molecule has 1 saturated heterocycles. The number of rotatable bonds is 6. The number of nitrogens with one attached hydrogen (secondary N) is 2. The van der Waals surface area contributed by atoms with Crippen molar-refractivity contribution < 1.29 is 33.4 Å². The van der Waals surface area contributed by atoms with Crippen LogP contribution in [0.15, 0.2) is 42.5 Å². The first-order chi connectivity index (χ1) is 15.3. The van der Waals surface area contributed by atoms with Crippen LogP contribution in [0, 0.1) is 0 Å². The molecule has 32 heavy (non-hydrogen) atoms. The monoisotopic (exact) mass is 439 g/mol. The molecule has 2 heterocycles. The SMILES string of the molecule is COC(=O)c1ccc(NC(=O)CN2C(=O)N[C@@](C)(Cc3ccc4c(c3)OCO4)C2=O)cc1. The average molecular weight is 439 g/mol. The fourth-order valence-corrected chi connectivity index (χ4v) is 3.62. The summed E-state index contributed by atoms with van der Waals surface area (Å²) >= 11 is 0. The maximum atomic E-state index is 13.0. The van der Waals surface area contributed by atoms with E-state index in [2.05, 4.69) is 15.4 Å². The molecule has 2 aliphatic rings. The highest BCUT2D eigenvalue weighted by Crippen LogP contribution is 2.34. The Kier molecular flexibility index (Phi) is 5.43. The number of ether oxygens (including phenoxy) is 3. The van der Waals surface area contributed by atoms with E-state index in [1.807, 2.05) is 0 Å². The minimum Gasteiger partial charge on any atom is -0.465 e. The Hall–Kier alpha value is -4.08. The van der Waals surface area contributed by atoms with E-state index >= 15 is 0 Å². The van der Waals surface area contributed by atoms with E-state index in [0.717, 1.165) is 10.5 Å². The van der Waals surface area contributed by atoms with Gasteiger partial charge in [0.1, 0.15) is 12.1 Å². The van der Waals surface area contributed by atoms with Gasteiger partial charge in [-0.05, 0) is 48.9 Å². The number of hydrogen-bond donors (Lipinski definition) is 2. The number of carbonyl (C=O) groups excluding carboxylic acids is 4. The Morgan fingerprint density at radius 3 is 2.56 bits per heavy atom. The van der Waals surface area contributed by atoms with E-state index < -0.39 is 35.9 Å². The zero-order valence-corrected chi connectivity index (χ0v) is 17.5. The van der Waals surface area contributed by atoms with Gasteiger partial charge in [-0.3, -0.25) is 14.5 Å². The van der Waals surface area contributed by atoms with Gasteiger partial charge in [-0.1, -0.05) is 6.07 Å². The highest BCUT2D eigenvalue weighted by molar-refractivity contribution is 6.10. The smallest absolute Gasteiger partial charge is 0.337 e. The van der Waals surface area contributed by atoms with E-state index in [1.165, 1.54) is 31.4 Å². The normalized spacial score (nSPS) is 19.0. The average Bonchev–Trinajstić information content (AvgIpc) is 3.31. The van der Waals surface area contributed by atoms with Crippen LogP contribution in [-0.4, -0.2) is 54.7 Å². The number of anilines is 1. The van der Waals surface area contributed by atoms with Gasteiger partial charge in [-0.15, -0.1) is 0 Å². The molecule has 0 bridgehead atoms. The number of carbonyl (C=O) groups is 4. The van der Waals surface area contributed by atoms with Gasteiger partial charge in [-0.25, -0.2) is 9.59 Å². The minimum absolute atomic E-state index is 0.139. The van der Waals surface area contributed by atoms with Crippen LogP contribution >= 0.6 is 0 Å². The standard InChI is InChI=1S/C22H21N3O7/c1-22(10-13-3-8-16-17(9-13)32-12-31-16)20(28)25(21(29)24-22)11-18(26)23-15-6-4-14(5-7-15)19(27)30-2/h3-9H,10-12H2,1-2H3,(H,23,26)(H,24,29)/t22-/m0/s1. The molecule has 4 rings (SSSR count). The maximum Gasteiger partial charge on any atom is 0.337 e. The number of benzene rings is 2. The predicted octanol–water partition coefficient (Wildman–Crippen LogP) is 1.69. The maximum absolute atomic E-state index is 13.0. The van der Waals surface area contributed by atoms with Gasteiger partial charge in [0, 0.05) is 12.1 Å². The van der Waals surface area contributed by atoms with Crippen LogP contribution in [0.3, 0.4) is 0 Å². The number of methoxy groups -OCH3 is 1. The van der Waals surface area contributed by atoms with Crippen molar-refractivity contribution in [2.45, 2.75) is 18.9 Å². The summed E-state index contributed by atoms with van der Waals surface area (Å²) in [5.41, 5.74) is 0.326. The summed E-state index contributed by atoms with van der Waals surface area (Å²) in [6, 6.07) is 10.7. The summed E-state index contributed by atoms with van der Waals surface area (Å²) < 4.78 is 15.3. The number of esters is 1. The molecule has 0 unspecified atom stereocenters. The van der Waals surface area contributed by atoms with Crippen LogP contribution in [0.25, 0.3) is 0 Å². The molecule has 2 N–H and O–H groups in total. The van der Waals surface area contributed by atoms with Gasteiger partial charge in [0.05, 0.1) is 12.7 Å². The summed E-state index contributed by atoms with van der Waals surface area (Å²) in [7, 11) is 1.27. The first-order valence-electron chi connectivity index (χ1n) is 9.80. The summed E-state index contributed by atoms with van der Waals surface area (Å²) in [6.07, 6.45) is 0.224. The Morgan fingerprint density at radius 2 is 1.84 bits per heavy atom. The second-order valence-corrected chi connectivity index (χ2v) is 7.64. The summed E-state index contributed by atoms with van der Waals surface area (Å²) in [4.78, 5) is 50.2. The Labute approximate surface area is 183 Å². The largest absolute Gasteiger partial charge is 0.465 e. The van der Waals surface area contributed by atoms with E-state index in [4.69, 9.17) is 9.47 Å². The van der Waals surface area contributed by atoms with Crippen molar-refractivity contribution in [1.29, 1.82) is 0 Å². The molecule has 4 amide bonds. The molecule has 2 aromatic carbocycles. The molecule has 0 aliphatic carbocycles. The molecule has 2 aliphatic heterocycles. The molecule has 10 nitrogen and oxygen atoms in total. The lowest BCUT2D eigenvalue weighted by atomic mass is 9.92. The second kappa shape index (κ2) is 8.22. The van der Waals surface area contributed by atoms with Crippen LogP contribution < -0.4 is 20.1 Å². The zero-order valence-electron chi connectivity index (χ0n) is 17.5. The van der Waals surface area contributed by atoms with Gasteiger partial charge >= 0.3 is 12.0 Å². The lowest BCUT2D eigenvalue weighted by Gasteiger charge is -2.22. The number of nitrogens with zero attached hydrogens (tertiary/aromatic N) is 1. The van der Waals surface area contributed by atoms with Gasteiger partial charge < -0.3 is 24.8 Å². The van der Waals surface area contributed by atoms with Gasteiger partial charge in [0.2, 0.25) is 12.7 Å². The molecule has 1 fully saturated rings. The van der Waals surface area contributed by atoms with E-state index in [0.29, 0.717) is 22.7 Å². The molecular weight excluding hydrogens is 418 g/mol. The molecule has 0 aromatic heterocycles. The van der Waals surface area contributed by atoms with Crippen LogP contribution in [0.5, 0.6) is 11.5 Å². The zero-order chi connectivity index (χ0) is 22.9. The van der Waals surface area contributed by atoms with Crippen LogP contribution in [0.4, 0.5) is 10.5 Å². The summed E-state index contributed by atoms with van der Waals surface area (Å²) in [6.45, 7) is 1.31. The molecule has 166 valence electrons. The summed E-state index contributed by atoms with van der Waals surface area (Å²) in [5, 5.41) is 5.28. The molecule has 1 atom stereocenters. The minimum atomic E-state index is -1.20. The molecule has 10 heteroatoms. The number of hydrogen-bond acceptors (Lipinski definition) is 7. The van der Waals surface area contributed by atoms with E-state index in [-0.39, 0.29) is 13.2 Å². The third kappa shape index (κ3) is 4.07. The van der Waals surface area contributed by atoms with Crippen molar-refractivity contribution in [2.75, 3.05) is 25.8 Å². The fraction of sp³-hybridized carbons (Fsp3) is 0.273. The van der Waals surface area contributed by atoms with Crippen molar-refractivity contribution in [2.24, 2.45) is 0 Å². The quantitative estimate of drug-likeness (QED) is 0.519. The Morgan fingerprint density at radius 1 is 1.12 bits per heavy atom. The van der Waals surface area contributed by atoms with Crippen molar-refractivity contribution >= 4 is 29.5 Å². The molecule has 0 spiro atoms. The second-order valence-electron chi connectivity index (χ2n) is 7.64. The van der Waals surface area contributed by atoms with E-state index in [1.54, 1.807) is 25.1 Å². The number of fused-ring (bicyclic) bond motifs is 1. The van der Waals surface area contributed by atoms with Crippen LogP contribution in [-0.2, 0) is 20.7 Å². The van der Waals surface area contributed by atoms with Gasteiger partial charge in [0.15, 0.2) is 11.5 Å². The van der Waals surface area contributed by atoms with Gasteiger partial charge in [0.25, 0.3) is 5.91 Å². The van der Waals surface area contributed by atoms with Crippen molar-refractivity contribution in [3.05, 3.63) is 53.6 Å². The lowest BCUT2D eigenvalue weighted by Crippen LogP contribution is -2.46. The highest BCUT2D eigenvalue weighted by atomic mass is 16.7. The predicted molar refractivity (Wildman–Crippen MR) is 111 cm³/mol. The highest BCUT2D eigenvalue weighted by Gasteiger charge is 2.48. The molecule has 0 radical (unpaired) electrons. The van der Waals surface area contributed by atoms with Gasteiger partial charge in [-0.2, -0.15) is 0 Å². The number of amides is 4. The van der Waals surface area contributed by atoms with Crippen LogP contribution in [0.2, 0.25) is 0 Å². The first-order valence-corrected chi connectivity index (χ1v) is 9.80. The third-order valence-corrected chi connectivity index (χ3v) is 5.23.